The molecule has 1 atom stereocenters. The van der Waals surface area contributed by atoms with Gasteiger partial charge in [-0.25, -0.2) is 4.68 Å². The van der Waals surface area contributed by atoms with E-state index < -0.39 is 17.9 Å². The molecule has 3 aliphatic rings. The van der Waals surface area contributed by atoms with Gasteiger partial charge < -0.3 is 9.80 Å². The van der Waals surface area contributed by atoms with E-state index in [1.807, 2.05) is 42.9 Å². The molecule has 0 N–H and O–H groups in total. The van der Waals surface area contributed by atoms with Gasteiger partial charge in [-0.15, -0.1) is 0 Å². The number of aliphatic imine (C=N–C) groups is 1. The minimum atomic E-state index is -0.990. The van der Waals surface area contributed by atoms with Gasteiger partial charge in [0, 0.05) is 99.1 Å². The number of piperazine rings is 1. The highest BCUT2D eigenvalue weighted by molar-refractivity contribution is 6.08. The van der Waals surface area contributed by atoms with Gasteiger partial charge in [-0.05, 0) is 103 Å². The summed E-state index contributed by atoms with van der Waals surface area (Å²) in [6, 6.07) is 23.7. The molecule has 2 fully saturated rings. The van der Waals surface area contributed by atoms with Crippen LogP contribution in [0, 0.1) is 6.92 Å². The molecule has 2 saturated heterocycles. The lowest BCUT2D eigenvalue weighted by Gasteiger charge is -2.37. The number of hydrogen-bond donors (Lipinski definition) is 0. The van der Waals surface area contributed by atoms with Crippen LogP contribution in [0.2, 0.25) is 0 Å². The molecule has 8 rings (SSSR count). The summed E-state index contributed by atoms with van der Waals surface area (Å²) < 4.78 is 1.95. The highest BCUT2D eigenvalue weighted by Gasteiger charge is 2.38. The largest absolute Gasteiger partial charge is 0.368 e. The van der Waals surface area contributed by atoms with Gasteiger partial charge in [0.25, 0.3) is 11.8 Å². The second-order valence-electron chi connectivity index (χ2n) is 14.3. The molecule has 0 spiro atoms. The number of aryl methyl sites for hydroxylation is 2. The SMILES string of the molecule is CN=C1CCc2cc(-c3cn(-c4ccc(N5CCN(c6ccc(C(=O)N(C=O)C7CCC(=O)N(C)C7=O)c(C)c6)CC5)cc4)nc3-c3ccncc3)ccc21. The summed E-state index contributed by atoms with van der Waals surface area (Å²) >= 11 is 0. The number of nitrogens with zero attached hydrogens (tertiary/aromatic N) is 8. The second-order valence-corrected chi connectivity index (χ2v) is 14.3. The highest BCUT2D eigenvalue weighted by Crippen LogP contribution is 2.35. The molecule has 3 aromatic carbocycles. The number of aromatic nitrogens is 3. The van der Waals surface area contributed by atoms with E-state index in [1.165, 1.54) is 23.9 Å². The number of likely N-dealkylation sites (N-methyl/N-ethyl adjacent to an activating group) is 1. The molecule has 0 radical (unpaired) electrons. The molecule has 1 unspecified atom stereocenters. The maximum absolute atomic E-state index is 13.4. The van der Waals surface area contributed by atoms with E-state index in [4.69, 9.17) is 5.10 Å². The van der Waals surface area contributed by atoms with Crippen LogP contribution in [-0.2, 0) is 20.8 Å². The molecule has 4 heterocycles. The topological polar surface area (TPSA) is 124 Å². The van der Waals surface area contributed by atoms with Crippen molar-refractivity contribution in [3.8, 4) is 28.1 Å². The van der Waals surface area contributed by atoms with Crippen LogP contribution in [0.15, 0.2) is 96.4 Å². The van der Waals surface area contributed by atoms with Crippen LogP contribution >= 0.6 is 0 Å². The minimum absolute atomic E-state index is 0.102. The Balaban J connectivity index is 0.951. The lowest BCUT2D eigenvalue weighted by atomic mass is 9.98. The zero-order valence-corrected chi connectivity index (χ0v) is 31.2. The van der Waals surface area contributed by atoms with E-state index in [0.29, 0.717) is 17.5 Å². The molecule has 278 valence electrons. The average molecular weight is 735 g/mol. The first-order chi connectivity index (χ1) is 26.7. The Kier molecular flexibility index (Phi) is 9.56. The van der Waals surface area contributed by atoms with Gasteiger partial charge in [0.2, 0.25) is 12.3 Å². The number of carbonyl (C=O) groups is 4. The van der Waals surface area contributed by atoms with Crippen molar-refractivity contribution in [2.24, 2.45) is 4.99 Å². The van der Waals surface area contributed by atoms with E-state index in [1.54, 1.807) is 18.5 Å². The molecule has 12 heteroatoms. The Hall–Kier alpha value is -6.43. The van der Waals surface area contributed by atoms with Crippen molar-refractivity contribution in [2.45, 2.75) is 38.6 Å². The van der Waals surface area contributed by atoms with Crippen molar-refractivity contribution in [1.29, 1.82) is 0 Å². The molecular formula is C43H42N8O4. The lowest BCUT2D eigenvalue weighted by molar-refractivity contribution is -0.151. The average Bonchev–Trinajstić information content (AvgIpc) is 3.86. The quantitative estimate of drug-likeness (QED) is 0.155. The number of carbonyl (C=O) groups excluding carboxylic acids is 4. The van der Waals surface area contributed by atoms with E-state index >= 15 is 0 Å². The van der Waals surface area contributed by atoms with Crippen molar-refractivity contribution < 1.29 is 19.2 Å². The number of fused-ring (bicyclic) bond motifs is 1. The minimum Gasteiger partial charge on any atom is -0.368 e. The van der Waals surface area contributed by atoms with E-state index in [0.717, 1.165) is 88.3 Å². The number of amides is 4. The number of pyridine rings is 1. The van der Waals surface area contributed by atoms with Gasteiger partial charge in [-0.1, -0.05) is 18.2 Å². The van der Waals surface area contributed by atoms with Crippen molar-refractivity contribution in [3.05, 3.63) is 114 Å². The number of rotatable bonds is 8. The fourth-order valence-corrected chi connectivity index (χ4v) is 7.99. The van der Waals surface area contributed by atoms with Crippen molar-refractivity contribution in [3.63, 3.8) is 0 Å². The summed E-state index contributed by atoms with van der Waals surface area (Å²) in [6.45, 7) is 5.04. The fraction of sp³-hybridized carbons (Fsp3) is 0.279. The van der Waals surface area contributed by atoms with Gasteiger partial charge in [-0.2, -0.15) is 5.10 Å². The number of anilines is 2. The fourth-order valence-electron chi connectivity index (χ4n) is 7.99. The van der Waals surface area contributed by atoms with Crippen LogP contribution in [0.25, 0.3) is 28.1 Å². The van der Waals surface area contributed by atoms with Gasteiger partial charge in [0.1, 0.15) is 11.7 Å². The number of benzene rings is 3. The van der Waals surface area contributed by atoms with Crippen LogP contribution in [0.4, 0.5) is 11.4 Å². The molecule has 55 heavy (non-hydrogen) atoms. The predicted octanol–water partition coefficient (Wildman–Crippen LogP) is 5.35. The van der Waals surface area contributed by atoms with E-state index in [9.17, 15) is 19.2 Å². The molecule has 2 aliphatic heterocycles. The van der Waals surface area contributed by atoms with Crippen LogP contribution in [-0.4, -0.2) is 101 Å². The van der Waals surface area contributed by atoms with Crippen LogP contribution < -0.4 is 9.80 Å². The third-order valence-electron chi connectivity index (χ3n) is 11.2. The van der Waals surface area contributed by atoms with Crippen molar-refractivity contribution >= 4 is 41.2 Å². The first kappa shape index (κ1) is 35.6. The molecule has 2 aromatic heterocycles. The van der Waals surface area contributed by atoms with Crippen LogP contribution in [0.3, 0.4) is 0 Å². The summed E-state index contributed by atoms with van der Waals surface area (Å²) in [5.41, 5.74) is 12.0. The molecule has 1 aliphatic carbocycles. The van der Waals surface area contributed by atoms with Crippen molar-refractivity contribution in [1.82, 2.24) is 24.6 Å². The normalized spacial score (nSPS) is 17.8. The molecule has 12 nitrogen and oxygen atoms in total. The first-order valence-electron chi connectivity index (χ1n) is 18.6. The zero-order chi connectivity index (χ0) is 38.2. The van der Waals surface area contributed by atoms with Crippen LogP contribution in [0.5, 0.6) is 0 Å². The number of piperidine rings is 1. The predicted molar refractivity (Wildman–Crippen MR) is 212 cm³/mol. The number of likely N-dealkylation sites (tertiary alicyclic amines) is 1. The van der Waals surface area contributed by atoms with E-state index in [2.05, 4.69) is 68.4 Å². The Morgan fingerprint density at radius 2 is 1.51 bits per heavy atom. The summed E-state index contributed by atoms with van der Waals surface area (Å²) in [6.07, 6.45) is 8.30. The summed E-state index contributed by atoms with van der Waals surface area (Å²) in [4.78, 5) is 65.4. The Morgan fingerprint density at radius 3 is 2.20 bits per heavy atom. The third-order valence-corrected chi connectivity index (χ3v) is 11.2. The van der Waals surface area contributed by atoms with Crippen molar-refractivity contribution in [2.75, 3.05) is 50.1 Å². The lowest BCUT2D eigenvalue weighted by Crippen LogP contribution is -2.54. The van der Waals surface area contributed by atoms with Gasteiger partial charge in [0.05, 0.1) is 5.69 Å². The van der Waals surface area contributed by atoms with Gasteiger partial charge >= 0.3 is 0 Å². The van der Waals surface area contributed by atoms with Crippen LogP contribution in [0.1, 0.15) is 46.3 Å². The zero-order valence-electron chi connectivity index (χ0n) is 31.2. The van der Waals surface area contributed by atoms with Gasteiger partial charge in [-0.3, -0.25) is 39.0 Å². The smallest absolute Gasteiger partial charge is 0.261 e. The molecule has 4 amide bonds. The molecular weight excluding hydrogens is 693 g/mol. The standard InChI is InChI=1S/C43H42N8O4/c1-28-24-34(10-12-35(28)42(54)50(27-52)39-14-15-40(53)47(3)43(39)55)49-22-20-48(21-23-49)32-6-8-33(9-7-32)51-26-37(41(46-51)29-16-18-45-19-17-29)31-4-11-36-30(25-31)5-13-38(36)44-2/h4,6-12,16-19,24-27,39H,5,13-15,20-23H2,1-3H3. The second kappa shape index (κ2) is 14.8. The molecule has 5 aromatic rings. The monoisotopic (exact) mass is 734 g/mol. The maximum atomic E-state index is 13.4. The summed E-state index contributed by atoms with van der Waals surface area (Å²) in [5, 5.41) is 5.08. The van der Waals surface area contributed by atoms with E-state index in [-0.39, 0.29) is 18.7 Å². The first-order valence-corrected chi connectivity index (χ1v) is 18.6. The Bertz CT molecular complexity index is 2330. The number of hydrogen-bond acceptors (Lipinski definition) is 9. The van der Waals surface area contributed by atoms with Gasteiger partial charge in [0.15, 0.2) is 0 Å². The summed E-state index contributed by atoms with van der Waals surface area (Å²) in [5.74, 6) is -1.40. The maximum Gasteiger partial charge on any atom is 0.261 e. The molecule has 0 bridgehead atoms. The highest BCUT2D eigenvalue weighted by atomic mass is 16.2. The Labute approximate surface area is 319 Å². The number of imide groups is 2. The third kappa shape index (κ3) is 6.68. The Morgan fingerprint density at radius 1 is 0.818 bits per heavy atom. The molecule has 0 saturated carbocycles. The summed E-state index contributed by atoms with van der Waals surface area (Å²) in [7, 11) is 3.24.